The summed E-state index contributed by atoms with van der Waals surface area (Å²) < 4.78 is 1.37. The van der Waals surface area contributed by atoms with Gasteiger partial charge in [0.15, 0.2) is 0 Å². The number of aryl methyl sites for hydroxylation is 1. The number of thiophene rings is 1. The van der Waals surface area contributed by atoms with E-state index in [1.165, 1.54) is 19.7 Å². The molecule has 0 saturated carbocycles. The zero-order chi connectivity index (χ0) is 7.14. The summed E-state index contributed by atoms with van der Waals surface area (Å²) in [6.07, 6.45) is 2.35. The first-order valence-corrected chi connectivity index (χ1v) is 5.20. The maximum atomic E-state index is 5.86. The lowest BCUT2D eigenvalue weighted by molar-refractivity contribution is 0.713. The minimum atomic E-state index is 0.328. The van der Waals surface area contributed by atoms with Gasteiger partial charge in [-0.25, -0.2) is 0 Å². The third-order valence-electron chi connectivity index (χ3n) is 1.89. The highest BCUT2D eigenvalue weighted by atomic mass is 127. The fourth-order valence-corrected chi connectivity index (χ4v) is 3.46. The smallest absolute Gasteiger partial charge is 0.0659 e. The van der Waals surface area contributed by atoms with Gasteiger partial charge in [0, 0.05) is 10.9 Å². The van der Waals surface area contributed by atoms with Gasteiger partial charge in [0.1, 0.15) is 0 Å². The summed E-state index contributed by atoms with van der Waals surface area (Å²) in [5.74, 6) is 0. The number of hydrogen-bond donors (Lipinski definition) is 1. The van der Waals surface area contributed by atoms with Crippen LogP contribution in [0.4, 0.5) is 0 Å². The van der Waals surface area contributed by atoms with Crippen LogP contribution in [0.3, 0.4) is 0 Å². The van der Waals surface area contributed by atoms with E-state index in [-0.39, 0.29) is 0 Å². The van der Waals surface area contributed by atoms with Crippen LogP contribution in [0.2, 0.25) is 0 Å². The zero-order valence-corrected chi connectivity index (χ0v) is 8.41. The second-order valence-corrected chi connectivity index (χ2v) is 5.61. The summed E-state index contributed by atoms with van der Waals surface area (Å²) in [4.78, 5) is 1.51. The molecule has 3 heteroatoms. The van der Waals surface area contributed by atoms with Crippen molar-refractivity contribution in [2.75, 3.05) is 0 Å². The van der Waals surface area contributed by atoms with E-state index >= 15 is 0 Å². The Bertz CT molecular complexity index is 256. The summed E-state index contributed by atoms with van der Waals surface area (Å²) in [5.41, 5.74) is 7.26. The highest BCUT2D eigenvalue weighted by molar-refractivity contribution is 14.1. The molecule has 0 amide bonds. The topological polar surface area (TPSA) is 26.0 Å². The molecule has 10 heavy (non-hydrogen) atoms. The van der Waals surface area contributed by atoms with Crippen LogP contribution in [-0.4, -0.2) is 0 Å². The largest absolute Gasteiger partial charge is 0.324 e. The fraction of sp³-hybridized carbons (Fsp3) is 0.429. The Balaban J connectivity index is 2.49. The maximum Gasteiger partial charge on any atom is 0.0659 e. The minimum absolute atomic E-state index is 0.328. The SMILES string of the molecule is NC1CCc2sc(I)cc21. The van der Waals surface area contributed by atoms with Gasteiger partial charge in [0.05, 0.1) is 2.88 Å². The molecule has 1 atom stereocenters. The lowest BCUT2D eigenvalue weighted by Gasteiger charge is -1.97. The van der Waals surface area contributed by atoms with E-state index < -0.39 is 0 Å². The van der Waals surface area contributed by atoms with Crippen LogP contribution < -0.4 is 5.73 Å². The van der Waals surface area contributed by atoms with E-state index in [4.69, 9.17) is 5.73 Å². The molecule has 1 aliphatic rings. The normalized spacial score (nSPS) is 23.2. The van der Waals surface area contributed by atoms with Crippen molar-refractivity contribution in [3.63, 3.8) is 0 Å². The molecule has 1 nitrogen and oxygen atoms in total. The maximum absolute atomic E-state index is 5.86. The third kappa shape index (κ3) is 1.00. The van der Waals surface area contributed by atoms with Crippen molar-refractivity contribution in [1.82, 2.24) is 0 Å². The summed E-state index contributed by atoms with van der Waals surface area (Å²) >= 11 is 4.24. The highest BCUT2D eigenvalue weighted by Gasteiger charge is 2.20. The summed E-state index contributed by atoms with van der Waals surface area (Å²) in [7, 11) is 0. The Labute approximate surface area is 77.8 Å². The van der Waals surface area contributed by atoms with Gasteiger partial charge in [-0.2, -0.15) is 0 Å². The standard InChI is InChI=1S/C7H8INS/c8-7-3-4-5(9)1-2-6(4)10-7/h3,5H,1-2,9H2. The van der Waals surface area contributed by atoms with Crippen LogP contribution in [0.1, 0.15) is 22.9 Å². The number of rotatable bonds is 0. The van der Waals surface area contributed by atoms with Crippen molar-refractivity contribution in [3.05, 3.63) is 19.4 Å². The molecule has 2 rings (SSSR count). The summed E-state index contributed by atoms with van der Waals surface area (Å²) in [6, 6.07) is 2.55. The van der Waals surface area contributed by atoms with Gasteiger partial charge in [-0.1, -0.05) is 0 Å². The van der Waals surface area contributed by atoms with Gasteiger partial charge in [-0.3, -0.25) is 0 Å². The number of hydrogen-bond acceptors (Lipinski definition) is 2. The van der Waals surface area contributed by atoms with Crippen LogP contribution in [-0.2, 0) is 6.42 Å². The van der Waals surface area contributed by atoms with Crippen LogP contribution in [0.15, 0.2) is 6.07 Å². The van der Waals surface area contributed by atoms with Crippen LogP contribution >= 0.6 is 33.9 Å². The van der Waals surface area contributed by atoms with Gasteiger partial charge in [-0.15, -0.1) is 11.3 Å². The van der Waals surface area contributed by atoms with Crippen molar-refractivity contribution >= 4 is 33.9 Å². The van der Waals surface area contributed by atoms with E-state index in [1.807, 2.05) is 11.3 Å². The van der Waals surface area contributed by atoms with Crippen molar-refractivity contribution in [2.45, 2.75) is 18.9 Å². The van der Waals surface area contributed by atoms with E-state index in [0.717, 1.165) is 6.42 Å². The molecule has 0 aliphatic heterocycles. The van der Waals surface area contributed by atoms with Crippen molar-refractivity contribution in [3.8, 4) is 0 Å². The average molecular weight is 265 g/mol. The van der Waals surface area contributed by atoms with Crippen molar-refractivity contribution < 1.29 is 0 Å². The molecule has 0 radical (unpaired) electrons. The lowest BCUT2D eigenvalue weighted by atomic mass is 10.2. The Morgan fingerprint density at radius 1 is 1.70 bits per heavy atom. The quantitative estimate of drug-likeness (QED) is 0.716. The first-order valence-electron chi connectivity index (χ1n) is 3.31. The first-order chi connectivity index (χ1) is 4.77. The molecule has 1 aromatic rings. The molecule has 1 unspecified atom stereocenters. The molecular formula is C7H8INS. The number of nitrogens with two attached hydrogens (primary N) is 1. The second kappa shape index (κ2) is 2.46. The van der Waals surface area contributed by atoms with E-state index in [0.29, 0.717) is 6.04 Å². The predicted octanol–water partition coefficient (Wildman–Crippen LogP) is 2.30. The van der Waals surface area contributed by atoms with E-state index in [9.17, 15) is 0 Å². The monoisotopic (exact) mass is 265 g/mol. The molecule has 54 valence electrons. The highest BCUT2D eigenvalue weighted by Crippen LogP contribution is 2.36. The lowest BCUT2D eigenvalue weighted by Crippen LogP contribution is -2.04. The molecule has 2 N–H and O–H groups in total. The summed E-state index contributed by atoms with van der Waals surface area (Å²) in [5, 5.41) is 0. The molecule has 1 heterocycles. The molecule has 0 bridgehead atoms. The summed E-state index contributed by atoms with van der Waals surface area (Å²) in [6.45, 7) is 0. The van der Waals surface area contributed by atoms with Gasteiger partial charge >= 0.3 is 0 Å². The Morgan fingerprint density at radius 3 is 3.20 bits per heavy atom. The molecule has 1 aromatic heterocycles. The Kier molecular flexibility index (Phi) is 1.74. The van der Waals surface area contributed by atoms with Gasteiger partial charge in [0.25, 0.3) is 0 Å². The molecular weight excluding hydrogens is 257 g/mol. The number of halogens is 1. The molecule has 0 fully saturated rings. The van der Waals surface area contributed by atoms with E-state index in [1.54, 1.807) is 0 Å². The van der Waals surface area contributed by atoms with Crippen LogP contribution in [0.25, 0.3) is 0 Å². The fourth-order valence-electron chi connectivity index (χ4n) is 1.36. The predicted molar refractivity (Wildman–Crippen MR) is 52.3 cm³/mol. The number of fused-ring (bicyclic) bond motifs is 1. The van der Waals surface area contributed by atoms with Crippen molar-refractivity contribution in [1.29, 1.82) is 0 Å². The Hall–Kier alpha value is 0.390. The third-order valence-corrected chi connectivity index (χ3v) is 3.86. The molecule has 1 aliphatic carbocycles. The van der Waals surface area contributed by atoms with Crippen LogP contribution in [0, 0.1) is 2.88 Å². The molecule has 0 saturated heterocycles. The average Bonchev–Trinajstić information content (AvgIpc) is 2.35. The van der Waals surface area contributed by atoms with Crippen molar-refractivity contribution in [2.24, 2.45) is 5.73 Å². The van der Waals surface area contributed by atoms with Gasteiger partial charge in [0.2, 0.25) is 0 Å². The zero-order valence-electron chi connectivity index (χ0n) is 5.43. The first kappa shape index (κ1) is 7.06. The Morgan fingerprint density at radius 2 is 2.50 bits per heavy atom. The molecule has 0 spiro atoms. The van der Waals surface area contributed by atoms with Gasteiger partial charge in [-0.05, 0) is 47.1 Å². The van der Waals surface area contributed by atoms with E-state index in [2.05, 4.69) is 28.7 Å². The second-order valence-electron chi connectivity index (χ2n) is 2.57. The van der Waals surface area contributed by atoms with Gasteiger partial charge < -0.3 is 5.73 Å². The minimum Gasteiger partial charge on any atom is -0.324 e. The van der Waals surface area contributed by atoms with Crippen LogP contribution in [0.5, 0.6) is 0 Å². The molecule has 0 aromatic carbocycles.